The van der Waals surface area contributed by atoms with Crippen molar-refractivity contribution >= 4 is 90.1 Å². The molecule has 0 aromatic rings. The van der Waals surface area contributed by atoms with Crippen molar-refractivity contribution in [2.45, 2.75) is 0 Å². The molecule has 0 bridgehead atoms. The zero-order valence-electron chi connectivity index (χ0n) is 7.61. The van der Waals surface area contributed by atoms with Gasteiger partial charge in [-0.3, -0.25) is 0 Å². The molecule has 0 atom stereocenters. The predicted molar refractivity (Wildman–Crippen MR) is 45.8 cm³/mol. The molecule has 0 saturated carbocycles. The summed E-state index contributed by atoms with van der Waals surface area (Å²) in [6, 6.07) is 0. The molecule has 15 heteroatoms. The largest absolute Gasteiger partial charge is 2.00 e. The van der Waals surface area contributed by atoms with Gasteiger partial charge in [-0.2, -0.15) is 0 Å². The molecule has 12 N–H and O–H groups in total. The molecular formula is H12B2Ca2O11. The van der Waals surface area contributed by atoms with Crippen LogP contribution in [-0.2, 0) is 4.57 Å². The smallest absolute Gasteiger partial charge is 0.872 e. The van der Waals surface area contributed by atoms with E-state index in [1.165, 1.54) is 0 Å². The van der Waals surface area contributed by atoms with Gasteiger partial charge in [-0.1, -0.05) is 0 Å². The Morgan fingerprint density at radius 1 is 0.533 bits per heavy atom. The first kappa shape index (κ1) is 67.1. The average Bonchev–Trinajstić information content (AvgIpc) is 1.27. The van der Waals surface area contributed by atoms with Gasteiger partial charge in [0.25, 0.3) is 0 Å². The first-order valence-electron chi connectivity index (χ1n) is 1.41. The summed E-state index contributed by atoms with van der Waals surface area (Å²) >= 11 is 0. The van der Waals surface area contributed by atoms with Crippen molar-refractivity contribution < 1.29 is 57.5 Å². The van der Waals surface area contributed by atoms with Crippen LogP contribution in [0.3, 0.4) is 0 Å². The summed E-state index contributed by atoms with van der Waals surface area (Å²) in [5.41, 5.74) is 0. The Hall–Kier alpha value is 2.21. The Morgan fingerprint density at radius 2 is 0.667 bits per heavy atom. The van der Waals surface area contributed by atoms with Crippen LogP contribution in [0.15, 0.2) is 0 Å². The summed E-state index contributed by atoms with van der Waals surface area (Å²) in [5.74, 6) is 0. The molecule has 0 aliphatic heterocycles. The molecule has 0 amide bonds. The second-order valence-corrected chi connectivity index (χ2v) is 0.713. The van der Waals surface area contributed by atoms with E-state index in [9.17, 15) is 0 Å². The molecule has 0 heterocycles. The van der Waals surface area contributed by atoms with E-state index in [0.717, 1.165) is 0 Å². The minimum atomic E-state index is -2.75. The standard InChI is InChI=1S/B2O5.2Ca.6H2O/c3-1(4)7-2(5)6;;;;;;;;/h;;;6*1H2/q-4;2*+2;;;;;;. The van der Waals surface area contributed by atoms with Crippen molar-refractivity contribution in [2.75, 3.05) is 0 Å². The second kappa shape index (κ2) is 44.2. The van der Waals surface area contributed by atoms with Gasteiger partial charge in [0.05, 0.1) is 0 Å². The fourth-order valence-electron chi connectivity index (χ4n) is 0.0907. The van der Waals surface area contributed by atoms with Crippen LogP contribution in [0.1, 0.15) is 0 Å². The van der Waals surface area contributed by atoms with Crippen LogP contribution in [0.4, 0.5) is 0 Å². The first-order chi connectivity index (χ1) is 3.13. The van der Waals surface area contributed by atoms with Crippen LogP contribution in [0.5, 0.6) is 0 Å². The maximum Gasteiger partial charge on any atom is 2.00 e. The van der Waals surface area contributed by atoms with Gasteiger partial charge in [0, 0.05) is 14.6 Å². The molecule has 0 aliphatic rings. The summed E-state index contributed by atoms with van der Waals surface area (Å²) in [6.45, 7) is 0. The molecule has 0 aromatic carbocycles. The van der Waals surface area contributed by atoms with E-state index in [2.05, 4.69) is 4.57 Å². The van der Waals surface area contributed by atoms with E-state index in [-0.39, 0.29) is 108 Å². The summed E-state index contributed by atoms with van der Waals surface area (Å²) < 4.78 is 3.03. The molecule has 0 spiro atoms. The SMILES string of the molecule is O.O.O.O.O.O.[Ca+2].[Ca+2].[O-]B([O-])OB([O-])[O-]. The van der Waals surface area contributed by atoms with Gasteiger partial charge in [-0.05, 0) is 0 Å². The molecule has 0 radical (unpaired) electrons. The minimum absolute atomic E-state index is 0. The van der Waals surface area contributed by atoms with Crippen molar-refractivity contribution in [3.05, 3.63) is 0 Å². The van der Waals surface area contributed by atoms with Crippen molar-refractivity contribution in [3.63, 3.8) is 0 Å². The molecule has 88 valence electrons. The van der Waals surface area contributed by atoms with Crippen LogP contribution in [0, 0.1) is 0 Å². The summed E-state index contributed by atoms with van der Waals surface area (Å²) in [4.78, 5) is 0. The van der Waals surface area contributed by atoms with E-state index in [0.29, 0.717) is 0 Å². The van der Waals surface area contributed by atoms with Gasteiger partial charge in [0.2, 0.25) is 0 Å². The Morgan fingerprint density at radius 3 is 0.667 bits per heavy atom. The van der Waals surface area contributed by atoms with Gasteiger partial charge in [0.1, 0.15) is 0 Å². The molecule has 0 saturated heterocycles. The third-order valence-corrected chi connectivity index (χ3v) is 0.222. The molecule has 11 nitrogen and oxygen atoms in total. The average molecular weight is 290 g/mol. The van der Waals surface area contributed by atoms with E-state index in [1.807, 2.05) is 0 Å². The Balaban J connectivity index is -0.00000000643. The van der Waals surface area contributed by atoms with Gasteiger partial charge >= 0.3 is 75.5 Å². The topological polar surface area (TPSA) is 290 Å². The van der Waals surface area contributed by atoms with Crippen LogP contribution in [0.2, 0.25) is 0 Å². The third-order valence-electron chi connectivity index (χ3n) is 0.222. The van der Waals surface area contributed by atoms with Crippen LogP contribution in [0.25, 0.3) is 0 Å². The minimum Gasteiger partial charge on any atom is -0.872 e. The van der Waals surface area contributed by atoms with Gasteiger partial charge in [-0.15, -0.1) is 0 Å². The summed E-state index contributed by atoms with van der Waals surface area (Å²) in [7, 11) is -5.50. The second-order valence-electron chi connectivity index (χ2n) is 0.713. The Bertz CT molecular complexity index is 45.9. The molecular weight excluding hydrogens is 278 g/mol. The van der Waals surface area contributed by atoms with Crippen molar-refractivity contribution in [3.8, 4) is 0 Å². The number of hydrogen-bond donors (Lipinski definition) is 0. The van der Waals surface area contributed by atoms with Gasteiger partial charge in [0.15, 0.2) is 0 Å². The van der Waals surface area contributed by atoms with E-state index in [1.54, 1.807) is 0 Å². The zero-order chi connectivity index (χ0) is 5.86. The third kappa shape index (κ3) is 84.9. The quantitative estimate of drug-likeness (QED) is 0.445. The number of hydrogen-bond acceptors (Lipinski definition) is 5. The number of rotatable bonds is 2. The van der Waals surface area contributed by atoms with E-state index < -0.39 is 14.6 Å². The molecule has 15 heavy (non-hydrogen) atoms. The molecule has 0 aromatic heterocycles. The normalized spacial score (nSPS) is 4.00. The van der Waals surface area contributed by atoms with Crippen LogP contribution in [-0.4, -0.2) is 123 Å². The van der Waals surface area contributed by atoms with Crippen molar-refractivity contribution in [1.82, 2.24) is 0 Å². The van der Waals surface area contributed by atoms with Gasteiger partial charge in [-0.25, -0.2) is 0 Å². The monoisotopic (exact) mass is 290 g/mol. The van der Waals surface area contributed by atoms with Gasteiger partial charge < -0.3 is 57.5 Å². The predicted octanol–water partition coefficient (Wildman–Crippen LogP) is -11.3. The zero-order valence-corrected chi connectivity index (χ0v) is 12.0. The van der Waals surface area contributed by atoms with Crippen molar-refractivity contribution in [1.29, 1.82) is 0 Å². The Kier molecular flexibility index (Phi) is 198. The van der Waals surface area contributed by atoms with E-state index in [4.69, 9.17) is 20.1 Å². The first-order valence-corrected chi connectivity index (χ1v) is 1.41. The summed E-state index contributed by atoms with van der Waals surface area (Å²) in [5, 5.41) is 36.6. The fourth-order valence-corrected chi connectivity index (χ4v) is 0.0907. The maximum absolute atomic E-state index is 9.16. The van der Waals surface area contributed by atoms with E-state index >= 15 is 0 Å². The molecule has 0 unspecified atom stereocenters. The van der Waals surface area contributed by atoms with Crippen LogP contribution >= 0.6 is 0 Å². The van der Waals surface area contributed by atoms with Crippen molar-refractivity contribution in [2.24, 2.45) is 0 Å². The molecule has 0 aliphatic carbocycles. The van der Waals surface area contributed by atoms with Crippen LogP contribution < -0.4 is 20.1 Å². The fraction of sp³-hybridized carbons (Fsp3) is 0. The summed E-state index contributed by atoms with van der Waals surface area (Å²) in [6.07, 6.45) is 0. The Labute approximate surface area is 146 Å². The molecule has 0 rings (SSSR count). The maximum atomic E-state index is 9.16. The molecule has 0 fully saturated rings.